The zero-order valence-electron chi connectivity index (χ0n) is 15.5. The molecule has 2 saturated heterocycles. The lowest BCUT2D eigenvalue weighted by Crippen LogP contribution is -2.57. The van der Waals surface area contributed by atoms with Crippen molar-refractivity contribution in [1.29, 1.82) is 0 Å². The maximum absolute atomic E-state index is 12.7. The molecule has 0 saturated carbocycles. The van der Waals surface area contributed by atoms with Crippen LogP contribution in [-0.2, 0) is 29.0 Å². The molecule has 0 aromatic rings. The Morgan fingerprint density at radius 3 is 2.31 bits per heavy atom. The zero-order chi connectivity index (χ0) is 19.5. The predicted octanol–water partition coefficient (Wildman–Crippen LogP) is -1.27. The quantitative estimate of drug-likeness (QED) is 0.436. The maximum Gasteiger partial charge on any atom is 0.397 e. The van der Waals surface area contributed by atoms with Crippen LogP contribution in [0.2, 0.25) is 0 Å². The summed E-state index contributed by atoms with van der Waals surface area (Å²) in [6.07, 6.45) is 0.471. The highest BCUT2D eigenvalue weighted by Gasteiger charge is 2.36. The zero-order valence-corrected chi connectivity index (χ0v) is 16.3. The van der Waals surface area contributed by atoms with Crippen LogP contribution in [0.15, 0.2) is 0 Å². The van der Waals surface area contributed by atoms with E-state index in [2.05, 4.69) is 0 Å². The second-order valence-electron chi connectivity index (χ2n) is 6.73. The first kappa shape index (κ1) is 20.6. The van der Waals surface area contributed by atoms with E-state index in [4.69, 9.17) is 4.74 Å². The number of amides is 2. The number of ether oxygens (including phenoxy) is 1. The normalized spacial score (nSPS) is 24.1. The number of hydrogen-bond donors (Lipinski definition) is 0. The van der Waals surface area contributed by atoms with Crippen molar-refractivity contribution in [2.75, 3.05) is 51.3 Å². The van der Waals surface area contributed by atoms with Crippen molar-refractivity contribution in [3.05, 3.63) is 0 Å². The van der Waals surface area contributed by atoms with Gasteiger partial charge in [0, 0.05) is 39.3 Å². The molecule has 26 heavy (non-hydrogen) atoms. The molecule has 2 aliphatic rings. The Kier molecular flexibility index (Phi) is 6.62. The van der Waals surface area contributed by atoms with Gasteiger partial charge < -0.3 is 14.5 Å². The molecule has 0 aromatic carbocycles. The van der Waals surface area contributed by atoms with Crippen LogP contribution in [0.3, 0.4) is 0 Å². The van der Waals surface area contributed by atoms with Gasteiger partial charge in [0.2, 0.25) is 5.91 Å². The van der Waals surface area contributed by atoms with Crippen molar-refractivity contribution < 1.29 is 27.5 Å². The summed E-state index contributed by atoms with van der Waals surface area (Å²) in [7, 11) is -1.41. The minimum absolute atomic E-state index is 0.0176. The summed E-state index contributed by atoms with van der Waals surface area (Å²) >= 11 is 0. The number of likely N-dealkylation sites (N-methyl/N-ethyl adjacent to an activating group) is 1. The van der Waals surface area contributed by atoms with Gasteiger partial charge in [0.1, 0.15) is 0 Å². The van der Waals surface area contributed by atoms with E-state index in [1.807, 2.05) is 4.90 Å². The first-order chi connectivity index (χ1) is 12.2. The average Bonchev–Trinajstić information content (AvgIpc) is 2.99. The third-order valence-electron chi connectivity index (χ3n) is 5.06. The predicted molar refractivity (Wildman–Crippen MR) is 94.1 cm³/mol. The van der Waals surface area contributed by atoms with Crippen LogP contribution in [0.1, 0.15) is 20.3 Å². The van der Waals surface area contributed by atoms with Crippen LogP contribution in [-0.4, -0.2) is 104 Å². The largest absolute Gasteiger partial charge is 0.459 e. The molecule has 0 radical (unpaired) electrons. The highest BCUT2D eigenvalue weighted by molar-refractivity contribution is 7.91. The van der Waals surface area contributed by atoms with E-state index in [1.54, 1.807) is 20.9 Å². The van der Waals surface area contributed by atoms with Gasteiger partial charge in [-0.2, -0.15) is 0 Å². The van der Waals surface area contributed by atoms with Gasteiger partial charge in [0.05, 0.1) is 24.2 Å². The lowest BCUT2D eigenvalue weighted by atomic mass is 10.1. The smallest absolute Gasteiger partial charge is 0.397 e. The van der Waals surface area contributed by atoms with E-state index < -0.39 is 27.8 Å². The topological polar surface area (TPSA) is 104 Å². The molecule has 0 unspecified atom stereocenters. The van der Waals surface area contributed by atoms with Crippen molar-refractivity contribution in [2.45, 2.75) is 32.4 Å². The summed E-state index contributed by atoms with van der Waals surface area (Å²) in [5.74, 6) is -1.49. The molecule has 0 aromatic heterocycles. The standard InChI is InChI=1S/C16H27N3O6S/c1-4-25-16(22)15(21)19-8-6-18(7-9-19)12(2)14(20)17(3)13-5-10-26(23,24)11-13/h12-13H,4-11H2,1-3H3/t12-,13+/m1/s1. The van der Waals surface area contributed by atoms with Gasteiger partial charge in [-0.3, -0.25) is 14.5 Å². The first-order valence-corrected chi connectivity index (χ1v) is 10.7. The lowest BCUT2D eigenvalue weighted by molar-refractivity contribution is -0.161. The Balaban J connectivity index is 1.87. The van der Waals surface area contributed by atoms with Crippen LogP contribution in [0.5, 0.6) is 0 Å². The van der Waals surface area contributed by atoms with Gasteiger partial charge in [-0.25, -0.2) is 13.2 Å². The van der Waals surface area contributed by atoms with E-state index in [1.165, 1.54) is 9.80 Å². The van der Waals surface area contributed by atoms with Crippen LogP contribution < -0.4 is 0 Å². The van der Waals surface area contributed by atoms with Gasteiger partial charge >= 0.3 is 11.9 Å². The maximum atomic E-state index is 12.7. The second kappa shape index (κ2) is 8.34. The Labute approximate surface area is 154 Å². The van der Waals surface area contributed by atoms with Crippen LogP contribution in [0, 0.1) is 0 Å². The van der Waals surface area contributed by atoms with E-state index in [-0.39, 0.29) is 30.1 Å². The number of nitrogens with zero attached hydrogens (tertiary/aromatic N) is 3. The minimum Gasteiger partial charge on any atom is -0.459 e. The molecule has 2 aliphatic heterocycles. The van der Waals surface area contributed by atoms with Crippen molar-refractivity contribution in [1.82, 2.24) is 14.7 Å². The lowest BCUT2D eigenvalue weighted by Gasteiger charge is -2.38. The molecule has 10 heteroatoms. The Bertz CT molecular complexity index is 657. The summed E-state index contributed by atoms with van der Waals surface area (Å²) in [4.78, 5) is 41.0. The van der Waals surface area contributed by atoms with Crippen molar-refractivity contribution in [3.8, 4) is 0 Å². The molecule has 0 spiro atoms. The molecule has 2 heterocycles. The SMILES string of the molecule is CCOC(=O)C(=O)N1CCN([C@H](C)C(=O)N(C)[C@H]2CCS(=O)(=O)C2)CC1. The summed E-state index contributed by atoms with van der Waals surface area (Å²) in [5, 5.41) is 0. The molecular weight excluding hydrogens is 362 g/mol. The van der Waals surface area contributed by atoms with Gasteiger partial charge in [-0.1, -0.05) is 0 Å². The van der Waals surface area contributed by atoms with Crippen LogP contribution in [0.4, 0.5) is 0 Å². The summed E-state index contributed by atoms with van der Waals surface area (Å²) < 4.78 is 28.0. The Hall–Kier alpha value is -1.68. The molecule has 0 bridgehead atoms. The molecule has 0 aliphatic carbocycles. The Morgan fingerprint density at radius 1 is 1.19 bits per heavy atom. The number of hydrogen-bond acceptors (Lipinski definition) is 7. The molecular formula is C16H27N3O6S. The highest BCUT2D eigenvalue weighted by Crippen LogP contribution is 2.18. The van der Waals surface area contributed by atoms with E-state index >= 15 is 0 Å². The van der Waals surface area contributed by atoms with Crippen LogP contribution in [0.25, 0.3) is 0 Å². The van der Waals surface area contributed by atoms with Gasteiger partial charge in [0.25, 0.3) is 0 Å². The molecule has 0 N–H and O–H groups in total. The second-order valence-corrected chi connectivity index (χ2v) is 8.96. The van der Waals surface area contributed by atoms with E-state index in [9.17, 15) is 22.8 Å². The molecule has 2 amide bonds. The minimum atomic E-state index is -3.05. The molecule has 2 atom stereocenters. The van der Waals surface area contributed by atoms with Gasteiger partial charge in [-0.15, -0.1) is 0 Å². The van der Waals surface area contributed by atoms with Crippen molar-refractivity contribution in [2.24, 2.45) is 0 Å². The third kappa shape index (κ3) is 4.73. The number of sulfone groups is 1. The molecule has 2 rings (SSSR count). The summed E-state index contributed by atoms with van der Waals surface area (Å²) in [6, 6.07) is -0.690. The molecule has 148 valence electrons. The Morgan fingerprint density at radius 2 is 1.81 bits per heavy atom. The number of piperazine rings is 1. The van der Waals surface area contributed by atoms with E-state index in [0.29, 0.717) is 32.6 Å². The third-order valence-corrected chi connectivity index (χ3v) is 6.81. The molecule has 9 nitrogen and oxygen atoms in total. The van der Waals surface area contributed by atoms with Crippen molar-refractivity contribution >= 4 is 27.6 Å². The van der Waals surface area contributed by atoms with Crippen molar-refractivity contribution in [3.63, 3.8) is 0 Å². The van der Waals surface area contributed by atoms with E-state index in [0.717, 1.165) is 0 Å². The fraction of sp³-hybridized carbons (Fsp3) is 0.812. The van der Waals surface area contributed by atoms with Gasteiger partial charge in [0.15, 0.2) is 9.84 Å². The number of esters is 1. The molecule has 2 fully saturated rings. The fourth-order valence-corrected chi connectivity index (χ4v) is 5.12. The number of carbonyl (C=O) groups is 3. The highest BCUT2D eigenvalue weighted by atomic mass is 32.2. The summed E-state index contributed by atoms with van der Waals surface area (Å²) in [6.45, 7) is 5.20. The number of carbonyl (C=O) groups excluding carboxylic acids is 3. The summed E-state index contributed by atoms with van der Waals surface area (Å²) in [5.41, 5.74) is 0. The average molecular weight is 389 g/mol. The van der Waals surface area contributed by atoms with Gasteiger partial charge in [-0.05, 0) is 20.3 Å². The van der Waals surface area contributed by atoms with Crippen LogP contribution >= 0.6 is 0 Å². The fourth-order valence-electron chi connectivity index (χ4n) is 3.35. The number of rotatable bonds is 4. The first-order valence-electron chi connectivity index (χ1n) is 8.83. The monoisotopic (exact) mass is 389 g/mol.